The highest BCUT2D eigenvalue weighted by molar-refractivity contribution is 5.96. The number of ether oxygens (including phenoxy) is 1. The van der Waals surface area contributed by atoms with E-state index >= 15 is 0 Å². The predicted molar refractivity (Wildman–Crippen MR) is 62.9 cm³/mol. The summed E-state index contributed by atoms with van der Waals surface area (Å²) < 4.78 is 5.76. The summed E-state index contributed by atoms with van der Waals surface area (Å²) in [5.41, 5.74) is 0.120. The smallest absolute Gasteiger partial charge is 0.315 e. The lowest BCUT2D eigenvalue weighted by molar-refractivity contribution is -0.180. The molecular formula is C13H19NO4. The molecular weight excluding hydrogens is 234 g/mol. The molecule has 100 valence electrons. The lowest BCUT2D eigenvalue weighted by atomic mass is 9.46. The van der Waals surface area contributed by atoms with E-state index in [1.54, 1.807) is 0 Å². The number of carboxylic acid groups (broad SMARTS) is 1. The Hall–Kier alpha value is -1.10. The SMILES string of the molecule is CC(C(=O)O)C(=O)NC1C2CCOC2C12CCC2. The van der Waals surface area contributed by atoms with Crippen LogP contribution in [0.1, 0.15) is 32.6 Å². The fraction of sp³-hybridized carbons (Fsp3) is 0.846. The van der Waals surface area contributed by atoms with Gasteiger partial charge in [-0.1, -0.05) is 6.42 Å². The van der Waals surface area contributed by atoms with Crippen molar-refractivity contribution in [3.63, 3.8) is 0 Å². The maximum absolute atomic E-state index is 11.9. The minimum atomic E-state index is -1.06. The van der Waals surface area contributed by atoms with Gasteiger partial charge in [0, 0.05) is 24.0 Å². The molecule has 5 nitrogen and oxygen atoms in total. The number of amides is 1. The Morgan fingerprint density at radius 1 is 1.44 bits per heavy atom. The number of carboxylic acids is 1. The van der Waals surface area contributed by atoms with Crippen LogP contribution in [0, 0.1) is 17.3 Å². The van der Waals surface area contributed by atoms with Gasteiger partial charge in [-0.15, -0.1) is 0 Å². The molecule has 0 aromatic carbocycles. The molecule has 1 spiro atoms. The van der Waals surface area contributed by atoms with Crippen LogP contribution in [0.25, 0.3) is 0 Å². The van der Waals surface area contributed by atoms with Crippen molar-refractivity contribution in [1.29, 1.82) is 0 Å². The Bertz CT molecular complexity index is 390. The van der Waals surface area contributed by atoms with Crippen LogP contribution >= 0.6 is 0 Å². The first-order valence-electron chi connectivity index (χ1n) is 6.71. The highest BCUT2D eigenvalue weighted by atomic mass is 16.5. The first-order chi connectivity index (χ1) is 8.56. The number of carbonyl (C=O) groups is 2. The molecule has 1 saturated heterocycles. The van der Waals surface area contributed by atoms with Crippen molar-refractivity contribution >= 4 is 11.9 Å². The molecule has 4 atom stereocenters. The third kappa shape index (κ3) is 1.43. The van der Waals surface area contributed by atoms with Gasteiger partial charge in [0.15, 0.2) is 0 Å². The lowest BCUT2D eigenvalue weighted by Gasteiger charge is -2.63. The second-order valence-electron chi connectivity index (χ2n) is 5.88. The summed E-state index contributed by atoms with van der Waals surface area (Å²) in [6.07, 6.45) is 4.67. The van der Waals surface area contributed by atoms with E-state index in [1.807, 2.05) is 0 Å². The van der Waals surface area contributed by atoms with E-state index in [-0.39, 0.29) is 17.4 Å². The summed E-state index contributed by atoms with van der Waals surface area (Å²) in [4.78, 5) is 22.7. The summed E-state index contributed by atoms with van der Waals surface area (Å²) in [5.74, 6) is -1.99. The fourth-order valence-corrected chi connectivity index (χ4v) is 3.85. The number of aliphatic carboxylic acids is 1. The molecule has 2 N–H and O–H groups in total. The standard InChI is InChI=1S/C13H19NO4/c1-7(12(16)17)11(15)14-9-8-3-6-18-10(8)13(9)4-2-5-13/h7-10H,2-6H2,1H3,(H,14,15)(H,16,17). The third-order valence-corrected chi connectivity index (χ3v) is 5.10. The van der Waals surface area contributed by atoms with Gasteiger partial charge in [-0.25, -0.2) is 0 Å². The van der Waals surface area contributed by atoms with Gasteiger partial charge in [0.25, 0.3) is 0 Å². The number of hydrogen-bond acceptors (Lipinski definition) is 3. The number of nitrogens with one attached hydrogen (secondary N) is 1. The molecule has 4 unspecified atom stereocenters. The van der Waals surface area contributed by atoms with Gasteiger partial charge in [-0.2, -0.15) is 0 Å². The van der Waals surface area contributed by atoms with Crippen molar-refractivity contribution in [2.24, 2.45) is 17.3 Å². The molecule has 3 aliphatic rings. The molecule has 0 bridgehead atoms. The van der Waals surface area contributed by atoms with Gasteiger partial charge in [0.05, 0.1) is 6.10 Å². The monoisotopic (exact) mass is 253 g/mol. The predicted octanol–water partition coefficient (Wildman–Crippen LogP) is 0.781. The van der Waals surface area contributed by atoms with E-state index in [0.29, 0.717) is 12.0 Å². The van der Waals surface area contributed by atoms with Crippen molar-refractivity contribution in [2.45, 2.75) is 44.8 Å². The van der Waals surface area contributed by atoms with Crippen LogP contribution in [0.5, 0.6) is 0 Å². The summed E-state index contributed by atoms with van der Waals surface area (Å²) in [6, 6.07) is 0.132. The van der Waals surface area contributed by atoms with Crippen LogP contribution in [-0.2, 0) is 14.3 Å². The van der Waals surface area contributed by atoms with Crippen LogP contribution in [0.15, 0.2) is 0 Å². The molecule has 1 heterocycles. The Morgan fingerprint density at radius 3 is 2.72 bits per heavy atom. The van der Waals surface area contributed by atoms with Crippen LogP contribution in [0.2, 0.25) is 0 Å². The highest BCUT2D eigenvalue weighted by Gasteiger charge is 2.67. The van der Waals surface area contributed by atoms with Gasteiger partial charge in [-0.05, 0) is 26.2 Å². The summed E-state index contributed by atoms with van der Waals surface area (Å²) in [7, 11) is 0. The highest BCUT2D eigenvalue weighted by Crippen LogP contribution is 2.62. The number of rotatable bonds is 3. The van der Waals surface area contributed by atoms with Gasteiger partial charge < -0.3 is 15.2 Å². The minimum absolute atomic E-state index is 0.120. The lowest BCUT2D eigenvalue weighted by Crippen LogP contribution is -2.72. The molecule has 5 heteroatoms. The molecule has 0 aromatic heterocycles. The number of carbonyl (C=O) groups excluding carboxylic acids is 1. The number of hydrogen-bond donors (Lipinski definition) is 2. The fourth-order valence-electron chi connectivity index (χ4n) is 3.85. The zero-order valence-electron chi connectivity index (χ0n) is 10.5. The summed E-state index contributed by atoms with van der Waals surface area (Å²) in [5, 5.41) is 11.8. The normalized spacial score (nSPS) is 37.3. The van der Waals surface area contributed by atoms with E-state index in [9.17, 15) is 9.59 Å². The third-order valence-electron chi connectivity index (χ3n) is 5.10. The van der Waals surface area contributed by atoms with Crippen molar-refractivity contribution in [1.82, 2.24) is 5.32 Å². The summed E-state index contributed by atoms with van der Waals surface area (Å²) >= 11 is 0. The molecule has 0 aromatic rings. The first kappa shape index (κ1) is 12.0. The van der Waals surface area contributed by atoms with Crippen LogP contribution in [0.4, 0.5) is 0 Å². The van der Waals surface area contributed by atoms with E-state index < -0.39 is 11.9 Å². The van der Waals surface area contributed by atoms with Gasteiger partial charge in [0.2, 0.25) is 5.91 Å². The summed E-state index contributed by atoms with van der Waals surface area (Å²) in [6.45, 7) is 2.21. The van der Waals surface area contributed by atoms with E-state index in [0.717, 1.165) is 25.9 Å². The molecule has 18 heavy (non-hydrogen) atoms. The van der Waals surface area contributed by atoms with Crippen molar-refractivity contribution in [3.8, 4) is 0 Å². The molecule has 2 saturated carbocycles. The Kier molecular flexibility index (Phi) is 2.62. The largest absolute Gasteiger partial charge is 0.481 e. The minimum Gasteiger partial charge on any atom is -0.481 e. The second kappa shape index (κ2) is 3.95. The van der Waals surface area contributed by atoms with Gasteiger partial charge in [-0.3, -0.25) is 9.59 Å². The maximum Gasteiger partial charge on any atom is 0.315 e. The number of fused-ring (bicyclic) bond motifs is 2. The molecule has 2 aliphatic carbocycles. The quantitative estimate of drug-likeness (QED) is 0.729. The van der Waals surface area contributed by atoms with Crippen LogP contribution in [0.3, 0.4) is 0 Å². The van der Waals surface area contributed by atoms with E-state index in [2.05, 4.69) is 5.32 Å². The average molecular weight is 253 g/mol. The van der Waals surface area contributed by atoms with Crippen molar-refractivity contribution < 1.29 is 19.4 Å². The zero-order valence-corrected chi connectivity index (χ0v) is 10.5. The van der Waals surface area contributed by atoms with Crippen LogP contribution < -0.4 is 5.32 Å². The maximum atomic E-state index is 11.9. The average Bonchev–Trinajstić information content (AvgIpc) is 2.67. The molecule has 3 rings (SSSR count). The molecule has 1 amide bonds. The van der Waals surface area contributed by atoms with Crippen LogP contribution in [-0.4, -0.2) is 35.7 Å². The molecule has 0 radical (unpaired) electrons. The Balaban J connectivity index is 1.69. The van der Waals surface area contributed by atoms with Gasteiger partial charge in [0.1, 0.15) is 5.92 Å². The van der Waals surface area contributed by atoms with Crippen molar-refractivity contribution in [2.75, 3.05) is 6.61 Å². The first-order valence-corrected chi connectivity index (χ1v) is 6.71. The topological polar surface area (TPSA) is 75.6 Å². The Labute approximate surface area is 106 Å². The van der Waals surface area contributed by atoms with Crippen molar-refractivity contribution in [3.05, 3.63) is 0 Å². The molecule has 1 aliphatic heterocycles. The second-order valence-corrected chi connectivity index (χ2v) is 5.88. The Morgan fingerprint density at radius 2 is 2.17 bits per heavy atom. The van der Waals surface area contributed by atoms with E-state index in [4.69, 9.17) is 9.84 Å². The van der Waals surface area contributed by atoms with Gasteiger partial charge >= 0.3 is 5.97 Å². The molecule has 3 fully saturated rings. The zero-order chi connectivity index (χ0) is 12.9. The van der Waals surface area contributed by atoms with E-state index in [1.165, 1.54) is 13.3 Å².